The number of hydrogen-bond donors (Lipinski definition) is 0. The Morgan fingerprint density at radius 3 is 1.90 bits per heavy atom. The van der Waals surface area contributed by atoms with Crippen LogP contribution in [0.25, 0.3) is 0 Å². The van der Waals surface area contributed by atoms with Crippen molar-refractivity contribution in [2.45, 2.75) is 76.0 Å². The molecular weight excluding hydrogens is 389 g/mol. The molecular formula is C27H34FNO2. The van der Waals surface area contributed by atoms with E-state index in [1.54, 1.807) is 12.1 Å². The molecule has 0 radical (unpaired) electrons. The van der Waals surface area contributed by atoms with Gasteiger partial charge in [0.1, 0.15) is 5.82 Å². The Bertz CT molecular complexity index is 877. The van der Waals surface area contributed by atoms with Crippen LogP contribution in [0.5, 0.6) is 0 Å². The summed E-state index contributed by atoms with van der Waals surface area (Å²) in [5.41, 5.74) is 4.57. The first-order valence-corrected chi connectivity index (χ1v) is 11.8. The van der Waals surface area contributed by atoms with Gasteiger partial charge < -0.3 is 9.64 Å². The Labute approximate surface area is 185 Å². The smallest absolute Gasteiger partial charge is 0.337 e. The molecule has 2 saturated carbocycles. The molecule has 0 aromatic heterocycles. The Morgan fingerprint density at radius 2 is 1.42 bits per heavy atom. The normalized spacial score (nSPS) is 18.0. The third-order valence-corrected chi connectivity index (χ3v) is 7.23. The van der Waals surface area contributed by atoms with Crippen molar-refractivity contribution in [3.8, 4) is 0 Å². The van der Waals surface area contributed by atoms with Crippen LogP contribution in [-0.2, 0) is 4.74 Å². The minimum Gasteiger partial charge on any atom is -0.465 e. The number of carbonyl (C=O) groups is 1. The van der Waals surface area contributed by atoms with Gasteiger partial charge in [0.2, 0.25) is 0 Å². The molecule has 3 nitrogen and oxygen atoms in total. The average molecular weight is 424 g/mol. The predicted octanol–water partition coefficient (Wildman–Crippen LogP) is 7.48. The van der Waals surface area contributed by atoms with E-state index in [4.69, 9.17) is 4.74 Å². The fourth-order valence-electron chi connectivity index (χ4n) is 5.36. The number of nitrogens with zero attached hydrogens (tertiary/aromatic N) is 1. The van der Waals surface area contributed by atoms with Crippen LogP contribution in [0.2, 0.25) is 0 Å². The van der Waals surface area contributed by atoms with Crippen molar-refractivity contribution in [2.24, 2.45) is 0 Å². The molecule has 2 aliphatic rings. The lowest BCUT2D eigenvalue weighted by Crippen LogP contribution is -2.15. The summed E-state index contributed by atoms with van der Waals surface area (Å²) in [6.07, 6.45) is 12.9. The van der Waals surface area contributed by atoms with Crippen LogP contribution in [0.4, 0.5) is 15.8 Å². The number of benzene rings is 2. The molecule has 2 fully saturated rings. The highest BCUT2D eigenvalue weighted by Gasteiger charge is 2.22. The van der Waals surface area contributed by atoms with E-state index in [0.29, 0.717) is 17.5 Å². The van der Waals surface area contributed by atoms with Crippen LogP contribution < -0.4 is 4.90 Å². The Hall–Kier alpha value is -2.36. The average Bonchev–Trinajstić information content (AvgIpc) is 2.84. The van der Waals surface area contributed by atoms with Gasteiger partial charge in [0.05, 0.1) is 18.4 Å². The highest BCUT2D eigenvalue weighted by atomic mass is 19.1. The first-order valence-electron chi connectivity index (χ1n) is 11.8. The number of rotatable bonds is 5. The second kappa shape index (κ2) is 9.84. The van der Waals surface area contributed by atoms with Crippen LogP contribution in [0, 0.1) is 5.82 Å². The van der Waals surface area contributed by atoms with E-state index < -0.39 is 11.8 Å². The SMILES string of the molecule is COC(=O)c1ccc(N(C)c2cc(C3CCCCC3)cc(C3CCCCC3)c2)c(F)c1. The largest absolute Gasteiger partial charge is 0.465 e. The van der Waals surface area contributed by atoms with Gasteiger partial charge in [0.15, 0.2) is 0 Å². The fourth-order valence-corrected chi connectivity index (χ4v) is 5.36. The summed E-state index contributed by atoms with van der Waals surface area (Å²) in [6.45, 7) is 0. The van der Waals surface area contributed by atoms with Gasteiger partial charge in [-0.1, -0.05) is 44.6 Å². The van der Waals surface area contributed by atoms with E-state index in [0.717, 1.165) is 5.69 Å². The standard InChI is InChI=1S/C27H34FNO2/c1-29(26-14-13-21(18-25(26)28)27(30)31-2)24-16-22(19-9-5-3-6-10-19)15-23(17-24)20-11-7-4-8-12-20/h13-20H,3-12H2,1-2H3. The van der Waals surface area contributed by atoms with E-state index in [-0.39, 0.29) is 5.56 Å². The summed E-state index contributed by atoms with van der Waals surface area (Å²) in [7, 11) is 3.23. The van der Waals surface area contributed by atoms with Gasteiger partial charge in [-0.25, -0.2) is 9.18 Å². The molecule has 2 aliphatic carbocycles. The third-order valence-electron chi connectivity index (χ3n) is 7.23. The molecule has 4 heteroatoms. The Balaban J connectivity index is 1.69. The van der Waals surface area contributed by atoms with Crippen molar-refractivity contribution in [3.05, 3.63) is 58.9 Å². The Morgan fingerprint density at radius 1 is 0.871 bits per heavy atom. The lowest BCUT2D eigenvalue weighted by Gasteiger charge is -2.29. The molecule has 31 heavy (non-hydrogen) atoms. The van der Waals surface area contributed by atoms with Crippen LogP contribution in [0.15, 0.2) is 36.4 Å². The van der Waals surface area contributed by atoms with E-state index in [1.165, 1.54) is 88.5 Å². The molecule has 0 bridgehead atoms. The zero-order valence-corrected chi connectivity index (χ0v) is 18.8. The van der Waals surface area contributed by atoms with Gasteiger partial charge in [-0.2, -0.15) is 0 Å². The summed E-state index contributed by atoms with van der Waals surface area (Å²) >= 11 is 0. The number of hydrogen-bond acceptors (Lipinski definition) is 3. The highest BCUT2D eigenvalue weighted by Crippen LogP contribution is 2.40. The third kappa shape index (κ3) is 4.94. The number of ether oxygens (including phenoxy) is 1. The monoisotopic (exact) mass is 423 g/mol. The summed E-state index contributed by atoms with van der Waals surface area (Å²) in [4.78, 5) is 13.7. The minimum absolute atomic E-state index is 0.232. The summed E-state index contributed by atoms with van der Waals surface area (Å²) < 4.78 is 19.7. The number of esters is 1. The summed E-state index contributed by atoms with van der Waals surface area (Å²) in [5, 5.41) is 0. The number of halogens is 1. The lowest BCUT2D eigenvalue weighted by atomic mass is 9.79. The van der Waals surface area contributed by atoms with Crippen molar-refractivity contribution in [1.29, 1.82) is 0 Å². The van der Waals surface area contributed by atoms with Gasteiger partial charge in [-0.15, -0.1) is 0 Å². The maximum Gasteiger partial charge on any atom is 0.337 e. The van der Waals surface area contributed by atoms with Crippen molar-refractivity contribution in [2.75, 3.05) is 19.1 Å². The summed E-state index contributed by atoms with van der Waals surface area (Å²) in [6, 6.07) is 11.5. The molecule has 0 spiro atoms. The molecule has 0 heterocycles. The van der Waals surface area contributed by atoms with Crippen molar-refractivity contribution >= 4 is 17.3 Å². The number of methoxy groups -OCH3 is 1. The zero-order chi connectivity index (χ0) is 21.8. The van der Waals surface area contributed by atoms with Crippen molar-refractivity contribution in [3.63, 3.8) is 0 Å². The summed E-state index contributed by atoms with van der Waals surface area (Å²) in [5.74, 6) is 0.284. The molecule has 4 rings (SSSR count). The van der Waals surface area contributed by atoms with Crippen molar-refractivity contribution < 1.29 is 13.9 Å². The first-order chi connectivity index (χ1) is 15.1. The van der Waals surface area contributed by atoms with Gasteiger partial charge >= 0.3 is 5.97 Å². The second-order valence-electron chi connectivity index (χ2n) is 9.24. The highest BCUT2D eigenvalue weighted by molar-refractivity contribution is 5.90. The molecule has 0 amide bonds. The molecule has 2 aromatic carbocycles. The van der Waals surface area contributed by atoms with Crippen LogP contribution >= 0.6 is 0 Å². The fraction of sp³-hybridized carbons (Fsp3) is 0.519. The minimum atomic E-state index is -0.521. The molecule has 0 unspecified atom stereocenters. The number of carbonyl (C=O) groups excluding carboxylic acids is 1. The van der Waals surface area contributed by atoms with Crippen LogP contribution in [0.1, 0.15) is 97.5 Å². The predicted molar refractivity (Wildman–Crippen MR) is 124 cm³/mol. The van der Waals surface area contributed by atoms with Crippen LogP contribution in [-0.4, -0.2) is 20.1 Å². The van der Waals surface area contributed by atoms with E-state index in [9.17, 15) is 9.18 Å². The van der Waals surface area contributed by atoms with E-state index >= 15 is 0 Å². The molecule has 2 aromatic rings. The topological polar surface area (TPSA) is 29.5 Å². The molecule has 0 N–H and O–H groups in total. The van der Waals surface area contributed by atoms with Gasteiger partial charge in [0.25, 0.3) is 0 Å². The lowest BCUT2D eigenvalue weighted by molar-refractivity contribution is 0.0600. The van der Waals surface area contributed by atoms with Gasteiger partial charge in [-0.3, -0.25) is 0 Å². The second-order valence-corrected chi connectivity index (χ2v) is 9.24. The van der Waals surface area contributed by atoms with E-state index in [1.807, 2.05) is 11.9 Å². The first kappa shape index (κ1) is 21.9. The molecule has 0 atom stereocenters. The number of anilines is 2. The molecule has 166 valence electrons. The molecule has 0 saturated heterocycles. The van der Waals surface area contributed by atoms with Crippen molar-refractivity contribution in [1.82, 2.24) is 0 Å². The van der Waals surface area contributed by atoms with Crippen LogP contribution in [0.3, 0.4) is 0 Å². The molecule has 0 aliphatic heterocycles. The van der Waals surface area contributed by atoms with Gasteiger partial charge in [0, 0.05) is 12.7 Å². The maximum absolute atomic E-state index is 14.9. The quantitative estimate of drug-likeness (QED) is 0.467. The Kier molecular flexibility index (Phi) is 6.94. The van der Waals surface area contributed by atoms with Gasteiger partial charge in [-0.05, 0) is 79.0 Å². The van der Waals surface area contributed by atoms with E-state index in [2.05, 4.69) is 18.2 Å². The maximum atomic E-state index is 14.9. The zero-order valence-electron chi connectivity index (χ0n) is 18.8.